The molecule has 15 heavy (non-hydrogen) atoms. The van der Waals surface area contributed by atoms with E-state index in [1.807, 2.05) is 0 Å². The molecule has 0 bridgehead atoms. The molecule has 0 aliphatic heterocycles. The van der Waals surface area contributed by atoms with Gasteiger partial charge in [-0.25, -0.2) is 8.42 Å². The minimum atomic E-state index is -3.61. The number of para-hydroxylation sites is 1. The van der Waals surface area contributed by atoms with Gasteiger partial charge in [0.05, 0.1) is 0 Å². The fraction of sp³-hybridized carbons (Fsp3) is 0.300. The number of sulfonamides is 1. The highest BCUT2D eigenvalue weighted by atomic mass is 32.2. The summed E-state index contributed by atoms with van der Waals surface area (Å²) >= 11 is 0. The molecule has 0 amide bonds. The number of carbonyl (C=O) groups excluding carboxylic acids is 1. The van der Waals surface area contributed by atoms with Gasteiger partial charge in [-0.05, 0) is 26.0 Å². The second kappa shape index (κ2) is 4.44. The van der Waals surface area contributed by atoms with Gasteiger partial charge >= 0.3 is 0 Å². The SMILES string of the molecule is CC(=O)C(C)S(=O)(=O)Nc1ccccc1. The van der Waals surface area contributed by atoms with Gasteiger partial charge in [0.15, 0.2) is 0 Å². The molecule has 1 N–H and O–H groups in total. The van der Waals surface area contributed by atoms with Crippen molar-refractivity contribution in [1.29, 1.82) is 0 Å². The number of carbonyl (C=O) groups is 1. The summed E-state index contributed by atoms with van der Waals surface area (Å²) in [5.74, 6) is -0.376. The van der Waals surface area contributed by atoms with Crippen LogP contribution >= 0.6 is 0 Å². The van der Waals surface area contributed by atoms with Gasteiger partial charge in [-0.2, -0.15) is 0 Å². The van der Waals surface area contributed by atoms with Crippen LogP contribution in [0, 0.1) is 0 Å². The van der Waals surface area contributed by atoms with Crippen LogP contribution in [-0.4, -0.2) is 19.5 Å². The Labute approximate surface area is 89.4 Å². The molecule has 4 nitrogen and oxygen atoms in total. The summed E-state index contributed by atoms with van der Waals surface area (Å²) in [5, 5.41) is -1.03. The lowest BCUT2D eigenvalue weighted by Crippen LogP contribution is -2.30. The summed E-state index contributed by atoms with van der Waals surface area (Å²) in [7, 11) is -3.61. The zero-order valence-electron chi connectivity index (χ0n) is 8.60. The molecule has 0 radical (unpaired) electrons. The Hall–Kier alpha value is -1.36. The minimum Gasteiger partial charge on any atom is -0.299 e. The first-order valence-electron chi connectivity index (χ1n) is 4.50. The first-order chi connectivity index (χ1) is 6.93. The van der Waals surface area contributed by atoms with E-state index < -0.39 is 15.3 Å². The number of rotatable bonds is 4. The third-order valence-electron chi connectivity index (χ3n) is 2.07. The van der Waals surface area contributed by atoms with E-state index in [1.54, 1.807) is 30.3 Å². The van der Waals surface area contributed by atoms with Crippen molar-refractivity contribution in [1.82, 2.24) is 0 Å². The largest absolute Gasteiger partial charge is 0.299 e. The Bertz CT molecular complexity index is 439. The first kappa shape index (κ1) is 11.7. The molecule has 1 aromatic rings. The molecule has 0 spiro atoms. The zero-order valence-corrected chi connectivity index (χ0v) is 9.41. The van der Waals surface area contributed by atoms with Crippen LogP contribution in [-0.2, 0) is 14.8 Å². The van der Waals surface area contributed by atoms with Crippen LogP contribution in [0.15, 0.2) is 30.3 Å². The van der Waals surface area contributed by atoms with Crippen molar-refractivity contribution in [2.75, 3.05) is 4.72 Å². The van der Waals surface area contributed by atoms with Crippen LogP contribution in [0.3, 0.4) is 0 Å². The molecule has 1 aromatic carbocycles. The van der Waals surface area contributed by atoms with Crippen LogP contribution in [0.4, 0.5) is 5.69 Å². The highest BCUT2D eigenvalue weighted by Crippen LogP contribution is 2.11. The summed E-state index contributed by atoms with van der Waals surface area (Å²) < 4.78 is 25.6. The van der Waals surface area contributed by atoms with Crippen LogP contribution in [0.25, 0.3) is 0 Å². The van der Waals surface area contributed by atoms with Crippen LogP contribution in [0.2, 0.25) is 0 Å². The van der Waals surface area contributed by atoms with Gasteiger partial charge in [-0.3, -0.25) is 9.52 Å². The Morgan fingerprint density at radius 3 is 2.27 bits per heavy atom. The highest BCUT2D eigenvalue weighted by Gasteiger charge is 2.24. The van der Waals surface area contributed by atoms with Gasteiger partial charge in [-0.1, -0.05) is 18.2 Å². The first-order valence-corrected chi connectivity index (χ1v) is 6.05. The Balaban J connectivity index is 2.87. The number of benzene rings is 1. The monoisotopic (exact) mass is 227 g/mol. The van der Waals surface area contributed by atoms with Crippen LogP contribution in [0.1, 0.15) is 13.8 Å². The molecule has 5 heteroatoms. The molecule has 1 unspecified atom stereocenters. The predicted octanol–water partition coefficient (Wildman–Crippen LogP) is 1.41. The summed E-state index contributed by atoms with van der Waals surface area (Å²) in [5.41, 5.74) is 0.464. The lowest BCUT2D eigenvalue weighted by molar-refractivity contribution is -0.116. The molecular formula is C10H13NO3S. The van der Waals surface area contributed by atoms with Crippen molar-refractivity contribution in [3.05, 3.63) is 30.3 Å². The van der Waals surface area contributed by atoms with Gasteiger partial charge in [0.25, 0.3) is 0 Å². The molecule has 0 heterocycles. The number of hydrogen-bond donors (Lipinski definition) is 1. The highest BCUT2D eigenvalue weighted by molar-refractivity contribution is 7.94. The van der Waals surface area contributed by atoms with Crippen molar-refractivity contribution < 1.29 is 13.2 Å². The summed E-state index contributed by atoms with van der Waals surface area (Å²) in [6, 6.07) is 8.48. The van der Waals surface area contributed by atoms with Gasteiger partial charge in [0.1, 0.15) is 11.0 Å². The maximum atomic E-state index is 11.6. The maximum Gasteiger partial charge on any atom is 0.242 e. The average Bonchev–Trinajstić information content (AvgIpc) is 2.17. The zero-order chi connectivity index (χ0) is 11.5. The Morgan fingerprint density at radius 1 is 1.27 bits per heavy atom. The summed E-state index contributed by atoms with van der Waals surface area (Å²) in [4.78, 5) is 11.0. The molecule has 0 aliphatic carbocycles. The quantitative estimate of drug-likeness (QED) is 0.845. The van der Waals surface area contributed by atoms with E-state index in [9.17, 15) is 13.2 Å². The fourth-order valence-electron chi connectivity index (χ4n) is 0.977. The summed E-state index contributed by atoms with van der Waals surface area (Å²) in [6.45, 7) is 2.63. The van der Waals surface area contributed by atoms with Crippen molar-refractivity contribution in [3.8, 4) is 0 Å². The van der Waals surface area contributed by atoms with E-state index in [-0.39, 0.29) is 5.78 Å². The van der Waals surface area contributed by atoms with Crippen molar-refractivity contribution in [3.63, 3.8) is 0 Å². The second-order valence-corrected chi connectivity index (χ2v) is 5.27. The molecular weight excluding hydrogens is 214 g/mol. The van der Waals surface area contributed by atoms with Crippen LogP contribution < -0.4 is 4.72 Å². The minimum absolute atomic E-state index is 0.376. The van der Waals surface area contributed by atoms with E-state index >= 15 is 0 Å². The molecule has 0 saturated carbocycles. The summed E-state index contributed by atoms with van der Waals surface area (Å²) in [6.07, 6.45) is 0. The molecule has 0 aromatic heterocycles. The third kappa shape index (κ3) is 3.06. The van der Waals surface area contributed by atoms with Crippen molar-refractivity contribution in [2.24, 2.45) is 0 Å². The number of ketones is 1. The molecule has 1 rings (SSSR count). The number of anilines is 1. The number of Topliss-reactive ketones (excluding diaryl/α,β-unsaturated/α-hetero) is 1. The molecule has 0 aliphatic rings. The van der Waals surface area contributed by atoms with Crippen LogP contribution in [0.5, 0.6) is 0 Å². The smallest absolute Gasteiger partial charge is 0.242 e. The van der Waals surface area contributed by atoms with E-state index in [1.165, 1.54) is 13.8 Å². The molecule has 0 fully saturated rings. The van der Waals surface area contributed by atoms with E-state index in [0.717, 1.165) is 0 Å². The second-order valence-electron chi connectivity index (χ2n) is 3.27. The van der Waals surface area contributed by atoms with E-state index in [4.69, 9.17) is 0 Å². The van der Waals surface area contributed by atoms with E-state index in [2.05, 4.69) is 4.72 Å². The number of nitrogens with one attached hydrogen (secondary N) is 1. The Kier molecular flexibility index (Phi) is 3.47. The van der Waals surface area contributed by atoms with Gasteiger partial charge in [0, 0.05) is 5.69 Å². The van der Waals surface area contributed by atoms with Gasteiger partial charge in [0.2, 0.25) is 10.0 Å². The Morgan fingerprint density at radius 2 is 1.80 bits per heavy atom. The lowest BCUT2D eigenvalue weighted by atomic mass is 10.3. The molecule has 1 atom stereocenters. The normalized spacial score (nSPS) is 13.2. The predicted molar refractivity (Wildman–Crippen MR) is 59.1 cm³/mol. The standard InChI is InChI=1S/C10H13NO3S/c1-8(12)9(2)15(13,14)11-10-6-4-3-5-7-10/h3-7,9,11H,1-2H3. The average molecular weight is 227 g/mol. The maximum absolute atomic E-state index is 11.6. The number of hydrogen-bond acceptors (Lipinski definition) is 3. The topological polar surface area (TPSA) is 63.2 Å². The van der Waals surface area contributed by atoms with Gasteiger partial charge < -0.3 is 0 Å². The lowest BCUT2D eigenvalue weighted by Gasteiger charge is -2.11. The third-order valence-corrected chi connectivity index (χ3v) is 3.85. The molecule has 82 valence electrons. The molecule has 0 saturated heterocycles. The van der Waals surface area contributed by atoms with Crippen molar-refractivity contribution >= 4 is 21.5 Å². The van der Waals surface area contributed by atoms with Gasteiger partial charge in [-0.15, -0.1) is 0 Å². The van der Waals surface area contributed by atoms with E-state index in [0.29, 0.717) is 5.69 Å². The van der Waals surface area contributed by atoms with Crippen molar-refractivity contribution in [2.45, 2.75) is 19.1 Å². The fourth-order valence-corrected chi connectivity index (χ4v) is 2.06.